The van der Waals surface area contributed by atoms with Crippen LogP contribution in [0.15, 0.2) is 48.9 Å². The summed E-state index contributed by atoms with van der Waals surface area (Å²) in [6.07, 6.45) is 0.640. The monoisotopic (exact) mass is 698 g/mol. The first kappa shape index (κ1) is 33.9. The van der Waals surface area contributed by atoms with E-state index in [-0.39, 0.29) is 56.9 Å². The lowest BCUT2D eigenvalue weighted by atomic mass is 9.96. The Hall–Kier alpha value is -4.96. The molecule has 0 radical (unpaired) electrons. The Bertz CT molecular complexity index is 1860. The molecule has 1 aromatic carbocycles. The van der Waals surface area contributed by atoms with Crippen molar-refractivity contribution in [2.45, 2.75) is 19.0 Å². The van der Waals surface area contributed by atoms with E-state index in [2.05, 4.69) is 31.0 Å². The Morgan fingerprint density at radius 1 is 0.959 bits per heavy atom. The predicted octanol–water partition coefficient (Wildman–Crippen LogP) is 3.92. The minimum atomic E-state index is -4.80. The number of amides is 3. The SMILES string of the molecule is CNc1ccc(-n2cc(-c3cnc(C(=O)Nc4ccc(C(=O)N5CCN(C(=O)C6CCNCC6)CC5)c(Cl)c4)n3C)c(C(F)(F)F)n2)nc1. The molecule has 0 bridgehead atoms. The van der Waals surface area contributed by atoms with Gasteiger partial charge in [0.25, 0.3) is 11.8 Å². The Morgan fingerprint density at radius 2 is 1.65 bits per heavy atom. The molecule has 6 rings (SSSR count). The lowest BCUT2D eigenvalue weighted by Crippen LogP contribution is -2.52. The van der Waals surface area contributed by atoms with E-state index in [0.29, 0.717) is 31.9 Å². The minimum absolute atomic E-state index is 0.00657. The molecular formula is C32H34ClF3N10O3. The number of pyridine rings is 1. The molecule has 5 heterocycles. The number of carbonyl (C=O) groups is 3. The van der Waals surface area contributed by atoms with Crippen molar-refractivity contribution in [3.8, 4) is 17.1 Å². The van der Waals surface area contributed by atoms with Crippen LogP contribution in [-0.4, -0.2) is 98.2 Å². The van der Waals surface area contributed by atoms with Gasteiger partial charge in [0.1, 0.15) is 0 Å². The van der Waals surface area contributed by atoms with Crippen LogP contribution in [0.2, 0.25) is 5.02 Å². The number of hydrogen-bond donors (Lipinski definition) is 3. The van der Waals surface area contributed by atoms with Crippen LogP contribution < -0.4 is 16.0 Å². The average Bonchev–Trinajstić information content (AvgIpc) is 3.72. The van der Waals surface area contributed by atoms with Gasteiger partial charge in [0.15, 0.2) is 17.3 Å². The maximum absolute atomic E-state index is 14.1. The zero-order chi connectivity index (χ0) is 34.9. The van der Waals surface area contributed by atoms with Crippen LogP contribution in [0.1, 0.15) is 39.5 Å². The van der Waals surface area contributed by atoms with Gasteiger partial charge in [0, 0.05) is 58.1 Å². The third kappa shape index (κ3) is 7.10. The molecule has 3 aromatic heterocycles. The third-order valence-corrected chi connectivity index (χ3v) is 9.06. The van der Waals surface area contributed by atoms with Crippen LogP contribution in [0.4, 0.5) is 24.5 Å². The van der Waals surface area contributed by atoms with E-state index in [4.69, 9.17) is 11.6 Å². The van der Waals surface area contributed by atoms with Gasteiger partial charge in [0.2, 0.25) is 5.91 Å². The summed E-state index contributed by atoms with van der Waals surface area (Å²) in [5.41, 5.74) is -0.274. The van der Waals surface area contributed by atoms with Gasteiger partial charge in [-0.25, -0.2) is 14.6 Å². The first-order chi connectivity index (χ1) is 23.4. The van der Waals surface area contributed by atoms with Gasteiger partial charge in [0.05, 0.1) is 39.9 Å². The van der Waals surface area contributed by atoms with Gasteiger partial charge in [-0.1, -0.05) is 11.6 Å². The largest absolute Gasteiger partial charge is 0.435 e. The number of nitrogens with one attached hydrogen (secondary N) is 3. The standard InChI is InChI=1S/C32H34ClF3N10O3/c1-37-21-4-6-26(39-16-21)46-18-23(27(42-46)32(34,35)36)25-17-40-28(43(25)2)29(47)41-20-3-5-22(24(33)15-20)31(49)45-13-11-44(12-14-45)30(48)19-7-9-38-10-8-19/h3-6,15-19,37-38H,7-14H2,1-2H3,(H,41,47). The zero-order valence-corrected chi connectivity index (χ0v) is 27.5. The van der Waals surface area contributed by atoms with Gasteiger partial charge >= 0.3 is 6.18 Å². The smallest absolute Gasteiger partial charge is 0.387 e. The van der Waals surface area contributed by atoms with Crippen LogP contribution in [0.3, 0.4) is 0 Å². The van der Waals surface area contributed by atoms with E-state index in [0.717, 1.165) is 36.8 Å². The van der Waals surface area contributed by atoms with E-state index >= 15 is 0 Å². The van der Waals surface area contributed by atoms with Gasteiger partial charge < -0.3 is 30.3 Å². The molecule has 3 N–H and O–H groups in total. The highest BCUT2D eigenvalue weighted by Crippen LogP contribution is 2.37. The van der Waals surface area contributed by atoms with Crippen molar-refractivity contribution in [1.29, 1.82) is 0 Å². The molecule has 2 fully saturated rings. The van der Waals surface area contributed by atoms with E-state index in [1.54, 1.807) is 18.0 Å². The van der Waals surface area contributed by atoms with Crippen LogP contribution in [-0.2, 0) is 18.0 Å². The van der Waals surface area contributed by atoms with E-state index in [1.165, 1.54) is 48.3 Å². The summed E-state index contributed by atoms with van der Waals surface area (Å²) >= 11 is 6.48. The number of anilines is 2. The number of aromatic nitrogens is 5. The summed E-state index contributed by atoms with van der Waals surface area (Å²) in [5.74, 6) is -0.849. The molecule has 0 aliphatic carbocycles. The van der Waals surface area contributed by atoms with Crippen LogP contribution in [0.5, 0.6) is 0 Å². The van der Waals surface area contributed by atoms with Gasteiger partial charge in [-0.3, -0.25) is 14.4 Å². The van der Waals surface area contributed by atoms with E-state index in [9.17, 15) is 27.6 Å². The summed E-state index contributed by atoms with van der Waals surface area (Å²) in [6.45, 7) is 3.29. The molecule has 0 atom stereocenters. The Kier molecular flexibility index (Phi) is 9.61. The number of rotatable bonds is 7. The normalized spacial score (nSPS) is 15.7. The molecule has 2 aliphatic rings. The predicted molar refractivity (Wildman–Crippen MR) is 176 cm³/mol. The summed E-state index contributed by atoms with van der Waals surface area (Å²) in [7, 11) is 3.11. The molecule has 49 heavy (non-hydrogen) atoms. The molecule has 13 nitrogen and oxygen atoms in total. The fraction of sp³-hybridized carbons (Fsp3) is 0.375. The number of nitrogens with zero attached hydrogens (tertiary/aromatic N) is 7. The number of piperidine rings is 1. The molecule has 258 valence electrons. The molecule has 0 unspecified atom stereocenters. The number of carbonyl (C=O) groups excluding carboxylic acids is 3. The first-order valence-corrected chi connectivity index (χ1v) is 16.0. The molecule has 2 aliphatic heterocycles. The highest BCUT2D eigenvalue weighted by atomic mass is 35.5. The van der Waals surface area contributed by atoms with E-state index in [1.807, 2.05) is 4.90 Å². The van der Waals surface area contributed by atoms with Crippen molar-refractivity contribution in [1.82, 2.24) is 39.4 Å². The number of hydrogen-bond acceptors (Lipinski definition) is 8. The number of imidazole rings is 1. The Labute approximate surface area is 284 Å². The minimum Gasteiger partial charge on any atom is -0.387 e. The first-order valence-electron chi connectivity index (χ1n) is 15.7. The number of benzene rings is 1. The Morgan fingerprint density at radius 3 is 2.29 bits per heavy atom. The van der Waals surface area contributed by atoms with Crippen molar-refractivity contribution in [2.75, 3.05) is 56.9 Å². The molecule has 2 saturated heterocycles. The quantitative estimate of drug-likeness (QED) is 0.264. The maximum atomic E-state index is 14.1. The Balaban J connectivity index is 1.13. The fourth-order valence-electron chi connectivity index (χ4n) is 6.01. The van der Waals surface area contributed by atoms with Crippen LogP contribution in [0, 0.1) is 5.92 Å². The summed E-state index contributed by atoms with van der Waals surface area (Å²) < 4.78 is 44.4. The maximum Gasteiger partial charge on any atom is 0.435 e. The number of piperazine rings is 1. The fourth-order valence-corrected chi connectivity index (χ4v) is 6.27. The molecule has 0 spiro atoms. The lowest BCUT2D eigenvalue weighted by Gasteiger charge is -2.37. The number of alkyl halides is 3. The highest BCUT2D eigenvalue weighted by molar-refractivity contribution is 6.34. The summed E-state index contributed by atoms with van der Waals surface area (Å²) in [5, 5.41) is 12.6. The highest BCUT2D eigenvalue weighted by Gasteiger charge is 2.39. The zero-order valence-electron chi connectivity index (χ0n) is 26.7. The second kappa shape index (κ2) is 13.9. The van der Waals surface area contributed by atoms with Crippen LogP contribution >= 0.6 is 11.6 Å². The number of halogens is 4. The second-order valence-corrected chi connectivity index (χ2v) is 12.2. The van der Waals surface area contributed by atoms with Crippen molar-refractivity contribution in [2.24, 2.45) is 13.0 Å². The van der Waals surface area contributed by atoms with Crippen molar-refractivity contribution < 1.29 is 27.6 Å². The molecule has 4 aromatic rings. The summed E-state index contributed by atoms with van der Waals surface area (Å²) in [6, 6.07) is 7.60. The lowest BCUT2D eigenvalue weighted by molar-refractivity contribution is -0.141. The molecular weight excluding hydrogens is 665 g/mol. The van der Waals surface area contributed by atoms with Gasteiger partial charge in [-0.05, 0) is 56.3 Å². The van der Waals surface area contributed by atoms with Crippen molar-refractivity contribution in [3.05, 3.63) is 71.0 Å². The third-order valence-electron chi connectivity index (χ3n) is 8.75. The van der Waals surface area contributed by atoms with E-state index < -0.39 is 17.8 Å². The second-order valence-electron chi connectivity index (χ2n) is 11.8. The van der Waals surface area contributed by atoms with Gasteiger partial charge in [-0.15, -0.1) is 0 Å². The topological polar surface area (TPSA) is 142 Å². The molecule has 17 heteroatoms. The van der Waals surface area contributed by atoms with Gasteiger partial charge in [-0.2, -0.15) is 18.3 Å². The van der Waals surface area contributed by atoms with Crippen LogP contribution in [0.25, 0.3) is 17.1 Å². The molecule has 3 amide bonds. The van der Waals surface area contributed by atoms with Crippen molar-refractivity contribution in [3.63, 3.8) is 0 Å². The van der Waals surface area contributed by atoms with Crippen molar-refractivity contribution >= 4 is 40.7 Å². The molecule has 0 saturated carbocycles. The average molecular weight is 699 g/mol. The summed E-state index contributed by atoms with van der Waals surface area (Å²) in [4.78, 5) is 51.1.